The van der Waals surface area contributed by atoms with Crippen LogP contribution in [0.2, 0.25) is 17.3 Å². The first-order valence-electron chi connectivity index (χ1n) is 22.6. The van der Waals surface area contributed by atoms with E-state index in [1.165, 1.54) is 39.4 Å². The van der Waals surface area contributed by atoms with Crippen LogP contribution in [0.25, 0.3) is 83.7 Å². The van der Waals surface area contributed by atoms with Crippen molar-refractivity contribution in [3.8, 4) is 50.6 Å². The summed E-state index contributed by atoms with van der Waals surface area (Å²) >= 11 is -2.41. The summed E-state index contributed by atoms with van der Waals surface area (Å²) in [6.07, 6.45) is 3.61. The molecule has 6 aromatic carbocycles. The molecule has 0 N–H and O–H groups in total. The van der Waals surface area contributed by atoms with Crippen LogP contribution < -0.4 is 4.40 Å². The second-order valence-corrected chi connectivity index (χ2v) is 28.0. The summed E-state index contributed by atoms with van der Waals surface area (Å²) in [6, 6.07) is 45.5. The number of hydrogen-bond donors (Lipinski definition) is 0. The van der Waals surface area contributed by atoms with Crippen molar-refractivity contribution in [3.05, 3.63) is 185 Å². The first kappa shape index (κ1) is 40.8. The Morgan fingerprint density at radius 1 is 0.703 bits per heavy atom. The Hall–Kier alpha value is -5.99. The molecule has 0 atom stereocenters. The molecular formula is C56H49FGeIrN4O-2. The second-order valence-electron chi connectivity index (χ2n) is 17.4. The zero-order chi connectivity index (χ0) is 46.7. The molecule has 0 aliphatic heterocycles. The van der Waals surface area contributed by atoms with Crippen molar-refractivity contribution in [2.24, 2.45) is 0 Å². The van der Waals surface area contributed by atoms with Crippen LogP contribution in [0.15, 0.2) is 138 Å². The number of rotatable bonds is 6. The van der Waals surface area contributed by atoms with E-state index in [0.717, 1.165) is 60.0 Å². The quantitative estimate of drug-likeness (QED) is 0.123. The fourth-order valence-electron chi connectivity index (χ4n) is 8.80. The van der Waals surface area contributed by atoms with Crippen molar-refractivity contribution < 1.29 is 33.0 Å². The van der Waals surface area contributed by atoms with Gasteiger partial charge in [0, 0.05) is 42.9 Å². The van der Waals surface area contributed by atoms with Gasteiger partial charge < -0.3 is 8.98 Å². The summed E-state index contributed by atoms with van der Waals surface area (Å²) in [4.78, 5) is 14.4. The third-order valence-corrected chi connectivity index (χ3v) is 15.9. The molecular weight excluding hydrogens is 1030 g/mol. The Kier molecular flexibility index (Phi) is 11.4. The minimum atomic E-state index is -2.41. The number of aryl methyl sites for hydroxylation is 6. The van der Waals surface area contributed by atoms with Crippen LogP contribution in [0, 0.1) is 59.4 Å². The van der Waals surface area contributed by atoms with E-state index >= 15 is 0 Å². The molecule has 0 bridgehead atoms. The number of halogens is 1. The Morgan fingerprint density at radius 2 is 1.42 bits per heavy atom. The van der Waals surface area contributed by atoms with Gasteiger partial charge in [-0.05, 0) is 80.6 Å². The molecule has 0 saturated carbocycles. The van der Waals surface area contributed by atoms with Crippen LogP contribution in [-0.2, 0) is 20.1 Å². The average molecular weight is 1080 g/mol. The molecule has 321 valence electrons. The van der Waals surface area contributed by atoms with Gasteiger partial charge in [0.2, 0.25) is 5.71 Å². The van der Waals surface area contributed by atoms with Crippen molar-refractivity contribution in [3.63, 3.8) is 0 Å². The minimum Gasteiger partial charge on any atom is 0 e. The second kappa shape index (κ2) is 17.9. The topological polar surface area (TPSA) is 56.7 Å². The average Bonchev–Trinajstić information content (AvgIpc) is 3.84. The normalized spacial score (nSPS) is 12.4. The van der Waals surface area contributed by atoms with E-state index in [9.17, 15) is 4.39 Å². The summed E-state index contributed by atoms with van der Waals surface area (Å²) in [5, 5.41) is 2.00. The molecule has 5 nitrogen and oxygen atoms in total. The van der Waals surface area contributed by atoms with E-state index in [1.54, 1.807) is 18.3 Å². The number of para-hydroxylation sites is 3. The molecule has 0 amide bonds. The number of hydrogen-bond acceptors (Lipinski definition) is 4. The van der Waals surface area contributed by atoms with E-state index in [2.05, 4.69) is 134 Å². The maximum Gasteiger partial charge on any atom is 0 e. The largest absolute Gasteiger partial charge is 0 e. The fraction of sp³-hybridized carbons (Fsp3) is 0.161. The van der Waals surface area contributed by atoms with Gasteiger partial charge in [0.05, 0.1) is 22.4 Å². The Balaban J connectivity index is 0.000000192. The van der Waals surface area contributed by atoms with Gasteiger partial charge in [-0.3, -0.25) is 4.98 Å². The van der Waals surface area contributed by atoms with E-state index in [1.807, 2.05) is 48.7 Å². The summed E-state index contributed by atoms with van der Waals surface area (Å²) in [7, 11) is 0. The first-order chi connectivity index (χ1) is 31.5. The maximum absolute atomic E-state index is 14.3. The Bertz CT molecular complexity index is 3440. The predicted molar refractivity (Wildman–Crippen MR) is 261 cm³/mol. The maximum atomic E-state index is 14.3. The van der Waals surface area contributed by atoms with Crippen molar-refractivity contribution in [1.29, 1.82) is 0 Å². The van der Waals surface area contributed by atoms with Gasteiger partial charge in [0.15, 0.2) is 0 Å². The van der Waals surface area contributed by atoms with Crippen molar-refractivity contribution in [2.75, 3.05) is 0 Å². The van der Waals surface area contributed by atoms with Crippen LogP contribution >= 0.6 is 0 Å². The monoisotopic (exact) mass is 1080 g/mol. The van der Waals surface area contributed by atoms with Gasteiger partial charge in [-0.1, -0.05) is 59.0 Å². The molecule has 0 aliphatic rings. The third-order valence-electron chi connectivity index (χ3n) is 11.7. The van der Waals surface area contributed by atoms with E-state index < -0.39 is 20.1 Å². The Morgan fingerprint density at radius 3 is 2.14 bits per heavy atom. The smallest absolute Gasteiger partial charge is 0 e. The first-order valence-corrected chi connectivity index (χ1v) is 28.5. The number of furan rings is 1. The number of benzene rings is 6. The summed E-state index contributed by atoms with van der Waals surface area (Å²) in [5.74, 6) is 6.86. The van der Waals surface area contributed by atoms with Gasteiger partial charge in [-0.15, -0.1) is 18.2 Å². The predicted octanol–water partition coefficient (Wildman–Crippen LogP) is 14.2. The van der Waals surface area contributed by atoms with Gasteiger partial charge >= 0.3 is 150 Å². The van der Waals surface area contributed by atoms with Crippen LogP contribution in [-0.4, -0.2) is 32.8 Å². The molecule has 0 unspecified atom stereocenters. The minimum absolute atomic E-state index is 0. The molecule has 64 heavy (non-hydrogen) atoms. The standard InChI is InChI=1S/C35H28N3O.C21H21FGeN.Ir/c1-20-16-23(4)31(24(5)17-20)25-18-28-26-12-9-13-27(33(26)39-35(28)36-19-25)34-37-29-14-6-7-15-30(29)38(34)32-21(2)10-8-11-22(32)3;1-15-12-21(24-14-20(15)23(2,3)4)17-10-11-19(22)18(13-17)16-8-6-5-7-9-16;/h6-12,14-19H,1-5H3;5-9,11-14H,1-4H3;/q2*-1;/i;1D3;. The van der Waals surface area contributed by atoms with E-state index in [0.29, 0.717) is 28.1 Å². The molecule has 0 saturated heterocycles. The number of nitrogens with zero attached hydrogens (tertiary/aromatic N) is 4. The number of imidazole rings is 1. The molecule has 4 aromatic heterocycles. The summed E-state index contributed by atoms with van der Waals surface area (Å²) in [6.45, 7) is 8.54. The van der Waals surface area contributed by atoms with E-state index in [4.69, 9.17) is 18.5 Å². The van der Waals surface area contributed by atoms with Gasteiger partial charge in [-0.25, -0.2) is 4.98 Å². The molecule has 0 fully saturated rings. The fourth-order valence-corrected chi connectivity index (χ4v) is 11.6. The van der Waals surface area contributed by atoms with Gasteiger partial charge in [0.25, 0.3) is 0 Å². The zero-order valence-corrected chi connectivity index (χ0v) is 41.6. The number of aromatic nitrogens is 4. The zero-order valence-electron chi connectivity index (χ0n) is 40.1. The summed E-state index contributed by atoms with van der Waals surface area (Å²) < 4.78 is 47.7. The molecule has 8 heteroatoms. The Labute approximate surface area is 395 Å². The molecule has 1 radical (unpaired) electrons. The van der Waals surface area contributed by atoms with Crippen molar-refractivity contribution in [1.82, 2.24) is 19.5 Å². The van der Waals surface area contributed by atoms with Crippen LogP contribution in [0.5, 0.6) is 0 Å². The SMILES string of the molecule is Cc1cc(C)c(-c2cnc3oc4c(-c5nc6ccccc6n5-c5c(C)cccc5C)[c-]ccc4c3c2)c(C)c1.[2H]C([2H])([2H])c1cc(-c2[c-]cc(F)c(-c3ccccc3)c2)nc[c]1[Ge]([CH3])([CH3])[CH3].[Ir]. The molecule has 4 heterocycles. The van der Waals surface area contributed by atoms with Crippen molar-refractivity contribution >= 4 is 50.8 Å². The molecule has 0 aliphatic carbocycles. The van der Waals surface area contributed by atoms with Crippen LogP contribution in [0.4, 0.5) is 4.39 Å². The van der Waals surface area contributed by atoms with Crippen LogP contribution in [0.1, 0.15) is 37.5 Å². The van der Waals surface area contributed by atoms with Crippen LogP contribution in [0.3, 0.4) is 0 Å². The molecule has 10 rings (SSSR count). The van der Waals surface area contributed by atoms with Gasteiger partial charge in [-0.2, -0.15) is 0 Å². The molecule has 10 aromatic rings. The number of fused-ring (bicyclic) bond motifs is 4. The summed E-state index contributed by atoms with van der Waals surface area (Å²) in [5.41, 5.74) is 16.4. The molecule has 0 spiro atoms. The third kappa shape index (κ3) is 8.41. The van der Waals surface area contributed by atoms with Crippen molar-refractivity contribution in [2.45, 2.75) is 58.7 Å². The van der Waals surface area contributed by atoms with Gasteiger partial charge in [0.1, 0.15) is 0 Å². The number of pyridine rings is 2. The van der Waals surface area contributed by atoms with E-state index in [-0.39, 0.29) is 25.9 Å².